The number of hydrogen-bond acceptors (Lipinski definition) is 21. The third kappa shape index (κ3) is 15.0. The molecule has 8 aliphatic heterocycles. The summed E-state index contributed by atoms with van der Waals surface area (Å²) in [4.78, 5) is 39.2. The molecule has 4 unspecified atom stereocenters. The van der Waals surface area contributed by atoms with Crippen molar-refractivity contribution in [2.45, 2.75) is 122 Å². The van der Waals surface area contributed by atoms with E-state index in [2.05, 4.69) is 153 Å². The molecule has 24 heteroatoms. The predicted octanol–water partition coefficient (Wildman–Crippen LogP) is 15.1. The highest BCUT2D eigenvalue weighted by atomic mass is 32.2. The van der Waals surface area contributed by atoms with Crippen molar-refractivity contribution in [1.82, 2.24) is 14.5 Å². The number of hydrogen-bond donors (Lipinski definition) is 4. The second kappa shape index (κ2) is 27.9. The van der Waals surface area contributed by atoms with Crippen LogP contribution in [0.1, 0.15) is 110 Å². The SMILES string of the molecule is CC#Cc1cncc(-n2ccc(C3(C)CC4(COC4)SC(N)=N3)c2)c1.CC1(c2cc(-c3cccc(C#CC4CC4)c3)cs2)CC2(COC2)SC(N)=N1.[C-]#[N+]c1cccc(-c2csc(C3(C)CC4(COC4)OC(N)=N3)c2)c1.[C-]#[N+]c1cncc(-c2cc(C)c(C3(C)CC4(COC4)SC(N)=N3)s2)c1. The van der Waals surface area contributed by atoms with Gasteiger partial charge < -0.3 is 51.2 Å². The van der Waals surface area contributed by atoms with Gasteiger partial charge in [0.1, 0.15) is 5.54 Å². The summed E-state index contributed by atoms with van der Waals surface area (Å²) in [5.74, 6) is 13.2. The Hall–Kier alpha value is -8.21. The van der Waals surface area contributed by atoms with Gasteiger partial charge >= 0.3 is 0 Å². The van der Waals surface area contributed by atoms with Crippen LogP contribution in [0.25, 0.3) is 48.1 Å². The number of aromatic nitrogens is 3. The number of aliphatic imine (C=N–C) groups is 4. The summed E-state index contributed by atoms with van der Waals surface area (Å²) in [5.41, 5.74) is 34.8. The van der Waals surface area contributed by atoms with Crippen molar-refractivity contribution in [1.29, 1.82) is 0 Å². The molecular formula is C77H77N13O5S6. The lowest BCUT2D eigenvalue weighted by molar-refractivity contribution is -0.186. The van der Waals surface area contributed by atoms with Gasteiger partial charge in [0.25, 0.3) is 6.02 Å². The van der Waals surface area contributed by atoms with Gasteiger partial charge in [-0.1, -0.05) is 83.4 Å². The molecule has 0 amide bonds. The zero-order chi connectivity index (χ0) is 70.4. The van der Waals surface area contributed by atoms with E-state index in [-0.39, 0.29) is 42.5 Å². The van der Waals surface area contributed by atoms with Crippen LogP contribution in [0.15, 0.2) is 153 Å². The monoisotopic (exact) mass is 1460 g/mol. The molecular weight excluding hydrogens is 1380 g/mol. The van der Waals surface area contributed by atoms with E-state index >= 15 is 0 Å². The molecule has 9 aliphatic rings. The number of aryl methyl sites for hydroxylation is 1. The average molecular weight is 1460 g/mol. The molecule has 516 valence electrons. The van der Waals surface area contributed by atoms with Gasteiger partial charge in [-0.3, -0.25) is 24.9 Å². The predicted molar refractivity (Wildman–Crippen MR) is 412 cm³/mol. The molecule has 0 radical (unpaired) electrons. The van der Waals surface area contributed by atoms with Gasteiger partial charge in [-0.05, 0) is 178 Å². The average Bonchev–Trinajstić information content (AvgIpc) is 1.75. The lowest BCUT2D eigenvalue weighted by Gasteiger charge is -2.47. The van der Waals surface area contributed by atoms with Crippen LogP contribution in [0.3, 0.4) is 0 Å². The second-order valence-electron chi connectivity index (χ2n) is 28.2. The number of nitrogens with two attached hydrogens (primary N) is 4. The van der Waals surface area contributed by atoms with Crippen molar-refractivity contribution in [2.24, 2.45) is 48.8 Å². The lowest BCUT2D eigenvalue weighted by Crippen LogP contribution is -2.59. The van der Waals surface area contributed by atoms with Crippen molar-refractivity contribution in [3.63, 3.8) is 0 Å². The molecule has 4 spiro atoms. The maximum absolute atomic E-state index is 7.18. The van der Waals surface area contributed by atoms with Gasteiger partial charge in [0.2, 0.25) is 5.69 Å². The number of ether oxygens (including phenoxy) is 5. The standard InChI is InChI=1S/C22H22N2OS2.C19H20N4OS.C18H18N4OS2.C18H17N3O2S/c1-21(12-22(13-25-14-22)27-20(23)24-21)19-10-18(11-26-19)17-4-2-3-16(9-17)8-7-15-5-6-15;1-3-4-14-7-16(9-21-8-14)23-6-5-15(10-23)18(2)11-19(12-24-13-19)25-17(20)22-18;1-11-4-14(12-5-13(20-3)7-21-6-12)24-15(11)17(2)8-18(9-23-10-18)25-16(19)22-17;1-17(9-18(10-22-11-18)23-16(19)21-17)15-7-13(8-24-15)12-4-3-5-14(6-12)20-2/h2-4,9-11,15H,5-6,12-14H2,1H3,(H2,23,24);5-10H,11-13H2,1-2H3,(H2,20,22);4-7H,8-10H2,1-2H3,(H2,19,22);3-8H,9-11H2,1H3,(H2,19,21). The number of rotatable bonds is 8. The fourth-order valence-electron chi connectivity index (χ4n) is 14.2. The van der Waals surface area contributed by atoms with E-state index in [1.165, 1.54) is 39.3 Å². The molecule has 1 saturated carbocycles. The lowest BCUT2D eigenvalue weighted by atomic mass is 9.82. The maximum atomic E-state index is 7.18. The van der Waals surface area contributed by atoms with Crippen molar-refractivity contribution in [3.05, 3.63) is 193 Å². The Morgan fingerprint density at radius 2 is 1.12 bits per heavy atom. The molecule has 8 aromatic rings. The van der Waals surface area contributed by atoms with Gasteiger partial charge in [0.15, 0.2) is 26.8 Å². The third-order valence-corrected chi connectivity index (χ3v) is 26.5. The van der Waals surface area contributed by atoms with Crippen molar-refractivity contribution in [2.75, 3.05) is 52.9 Å². The minimum absolute atomic E-state index is 0.0583. The largest absolute Gasteiger partial charge is 0.454 e. The van der Waals surface area contributed by atoms with Crippen LogP contribution in [-0.2, 0) is 45.8 Å². The van der Waals surface area contributed by atoms with Crippen LogP contribution < -0.4 is 22.9 Å². The van der Waals surface area contributed by atoms with E-state index in [0.29, 0.717) is 46.0 Å². The summed E-state index contributed by atoms with van der Waals surface area (Å²) in [5, 5.41) is 6.30. The van der Waals surface area contributed by atoms with Crippen LogP contribution in [-0.4, -0.2) is 109 Å². The Kier molecular flexibility index (Phi) is 19.3. The molecule has 0 bridgehead atoms. The highest BCUT2D eigenvalue weighted by Crippen LogP contribution is 2.54. The van der Waals surface area contributed by atoms with E-state index in [1.54, 1.807) is 81.7 Å². The number of thiophene rings is 3. The minimum atomic E-state index is -0.410. The zero-order valence-electron chi connectivity index (χ0n) is 57.0. The molecule has 8 N–H and O–H groups in total. The molecule has 6 aromatic heterocycles. The quantitative estimate of drug-likeness (QED) is 0.0818. The van der Waals surface area contributed by atoms with E-state index in [4.69, 9.17) is 74.7 Å². The fourth-order valence-corrected chi connectivity index (χ4v) is 21.5. The topological polar surface area (TPSA) is 239 Å². The van der Waals surface area contributed by atoms with Crippen LogP contribution >= 0.6 is 69.3 Å². The Morgan fingerprint density at radius 1 is 0.554 bits per heavy atom. The minimum Gasteiger partial charge on any atom is -0.454 e. The van der Waals surface area contributed by atoms with Crippen LogP contribution in [0, 0.1) is 49.7 Å². The highest BCUT2D eigenvalue weighted by molar-refractivity contribution is 8.15. The van der Waals surface area contributed by atoms with Crippen LogP contribution in [0.4, 0.5) is 11.4 Å². The first-order valence-electron chi connectivity index (χ1n) is 33.3. The molecule has 14 heterocycles. The van der Waals surface area contributed by atoms with Crippen molar-refractivity contribution >= 4 is 102 Å². The number of thioether (sulfide) groups is 3. The van der Waals surface area contributed by atoms with Crippen molar-refractivity contribution < 1.29 is 23.7 Å². The third-order valence-electron chi connectivity index (χ3n) is 19.2. The Balaban J connectivity index is 0.000000114. The highest BCUT2D eigenvalue weighted by Gasteiger charge is 2.54. The van der Waals surface area contributed by atoms with E-state index in [1.807, 2.05) is 61.9 Å². The van der Waals surface area contributed by atoms with Gasteiger partial charge in [0.05, 0.1) is 109 Å². The van der Waals surface area contributed by atoms with E-state index < -0.39 is 5.54 Å². The second-order valence-corrected chi connectivity index (χ2v) is 35.5. The van der Waals surface area contributed by atoms with Gasteiger partial charge in [0, 0.05) is 74.0 Å². The Bertz CT molecular complexity index is 4860. The molecule has 4 saturated heterocycles. The summed E-state index contributed by atoms with van der Waals surface area (Å²) < 4.78 is 29.7. The van der Waals surface area contributed by atoms with E-state index in [0.717, 1.165) is 114 Å². The van der Waals surface area contributed by atoms with E-state index in [9.17, 15) is 0 Å². The van der Waals surface area contributed by atoms with Crippen molar-refractivity contribution in [3.8, 4) is 62.1 Å². The summed E-state index contributed by atoms with van der Waals surface area (Å²) >= 11 is 10.1. The number of benzene rings is 2. The Labute approximate surface area is 614 Å². The summed E-state index contributed by atoms with van der Waals surface area (Å²) in [6.07, 6.45) is 17.2. The summed E-state index contributed by atoms with van der Waals surface area (Å²) in [7, 11) is 0. The Morgan fingerprint density at radius 3 is 1.71 bits per heavy atom. The molecule has 5 fully saturated rings. The maximum Gasteiger partial charge on any atom is 0.283 e. The van der Waals surface area contributed by atoms with Crippen LogP contribution in [0.5, 0.6) is 0 Å². The van der Waals surface area contributed by atoms with Gasteiger partial charge in [-0.2, -0.15) is 0 Å². The number of nitrogens with zero attached hydrogens (tertiary/aromatic N) is 9. The van der Waals surface area contributed by atoms with Gasteiger partial charge in [-0.25, -0.2) is 14.7 Å². The summed E-state index contributed by atoms with van der Waals surface area (Å²) in [6.45, 7) is 32.5. The summed E-state index contributed by atoms with van der Waals surface area (Å²) in [6, 6.07) is 29.0. The van der Waals surface area contributed by atoms with Crippen LogP contribution in [0.2, 0.25) is 0 Å². The molecule has 17 rings (SSSR count). The first-order valence-corrected chi connectivity index (χ1v) is 38.3. The normalized spacial score (nSPS) is 24.8. The molecule has 101 heavy (non-hydrogen) atoms. The number of amidine groups is 4. The first kappa shape index (κ1) is 69.9. The molecule has 1 aliphatic carbocycles. The smallest absolute Gasteiger partial charge is 0.283 e. The fraction of sp³-hybridized carbons (Fsp3) is 0.377. The molecule has 4 atom stereocenters. The molecule has 18 nitrogen and oxygen atoms in total. The first-order chi connectivity index (χ1) is 48.5. The molecule has 2 aromatic carbocycles. The van der Waals surface area contributed by atoms with Gasteiger partial charge in [-0.15, -0.1) is 39.9 Å². The zero-order valence-corrected chi connectivity index (χ0v) is 61.9. The number of pyridine rings is 2.